The second-order valence-corrected chi connectivity index (χ2v) is 3.56. The van der Waals surface area contributed by atoms with Crippen LogP contribution in [0.15, 0.2) is 18.2 Å². The number of hydrogen-bond donors (Lipinski definition) is 1. The van der Waals surface area contributed by atoms with E-state index in [1.807, 2.05) is 13.0 Å². The van der Waals surface area contributed by atoms with E-state index in [2.05, 4.69) is 5.32 Å². The van der Waals surface area contributed by atoms with Crippen molar-refractivity contribution in [3.8, 4) is 17.6 Å². The zero-order valence-corrected chi connectivity index (χ0v) is 10.5. The van der Waals surface area contributed by atoms with Gasteiger partial charge in [0.1, 0.15) is 11.5 Å². The van der Waals surface area contributed by atoms with Crippen LogP contribution in [0.2, 0.25) is 0 Å². The summed E-state index contributed by atoms with van der Waals surface area (Å²) in [6.45, 7) is 2.74. The van der Waals surface area contributed by atoms with Gasteiger partial charge in [-0.1, -0.05) is 0 Å². The Morgan fingerprint density at radius 1 is 1.39 bits per heavy atom. The number of rotatable bonds is 6. The minimum Gasteiger partial charge on any atom is -0.497 e. The van der Waals surface area contributed by atoms with Crippen LogP contribution >= 0.6 is 0 Å². The molecule has 0 heterocycles. The van der Waals surface area contributed by atoms with Crippen molar-refractivity contribution in [1.29, 1.82) is 5.26 Å². The topological polar surface area (TPSA) is 71.3 Å². The number of ether oxygens (including phenoxy) is 2. The minimum atomic E-state index is -0.0547. The number of carbonyl (C=O) groups excluding carboxylic acids is 1. The SMILES string of the molecule is CCNC(=O)CCOc1cc(C#N)cc(OC)c1. The predicted octanol–water partition coefficient (Wildman–Crippen LogP) is 1.47. The molecule has 0 spiro atoms. The second-order valence-electron chi connectivity index (χ2n) is 3.56. The second kappa shape index (κ2) is 7.17. The van der Waals surface area contributed by atoms with Crippen LogP contribution in [-0.4, -0.2) is 26.2 Å². The largest absolute Gasteiger partial charge is 0.497 e. The Balaban J connectivity index is 2.57. The highest BCUT2D eigenvalue weighted by molar-refractivity contribution is 5.75. The third-order valence-corrected chi connectivity index (χ3v) is 2.22. The summed E-state index contributed by atoms with van der Waals surface area (Å²) in [6.07, 6.45) is 0.285. The Bertz CT molecular complexity index is 452. The van der Waals surface area contributed by atoms with Crippen LogP contribution < -0.4 is 14.8 Å². The molecule has 0 atom stereocenters. The highest BCUT2D eigenvalue weighted by Crippen LogP contribution is 2.22. The Labute approximate surface area is 106 Å². The van der Waals surface area contributed by atoms with Gasteiger partial charge >= 0.3 is 0 Å². The molecule has 0 fully saturated rings. The first kappa shape index (κ1) is 13.8. The fraction of sp³-hybridized carbons (Fsp3) is 0.385. The smallest absolute Gasteiger partial charge is 0.223 e. The summed E-state index contributed by atoms with van der Waals surface area (Å²) in [5.74, 6) is 1.03. The maximum absolute atomic E-state index is 11.2. The van der Waals surface area contributed by atoms with Crippen molar-refractivity contribution in [1.82, 2.24) is 5.32 Å². The molecule has 0 bridgehead atoms. The number of nitrogens with zero attached hydrogens (tertiary/aromatic N) is 1. The van der Waals surface area contributed by atoms with E-state index in [1.54, 1.807) is 18.2 Å². The molecule has 0 aliphatic heterocycles. The highest BCUT2D eigenvalue weighted by Gasteiger charge is 2.04. The molecule has 0 unspecified atom stereocenters. The molecule has 0 aromatic heterocycles. The van der Waals surface area contributed by atoms with E-state index in [0.29, 0.717) is 23.6 Å². The number of nitriles is 1. The van der Waals surface area contributed by atoms with E-state index < -0.39 is 0 Å². The van der Waals surface area contributed by atoms with Gasteiger partial charge in [-0.05, 0) is 19.1 Å². The molecule has 1 aromatic carbocycles. The molecule has 0 aliphatic rings. The number of hydrogen-bond acceptors (Lipinski definition) is 4. The lowest BCUT2D eigenvalue weighted by molar-refractivity contribution is -0.121. The first-order valence-corrected chi connectivity index (χ1v) is 5.68. The number of amides is 1. The first-order valence-electron chi connectivity index (χ1n) is 5.68. The average molecular weight is 248 g/mol. The van der Waals surface area contributed by atoms with Crippen LogP contribution in [0.1, 0.15) is 18.9 Å². The zero-order chi connectivity index (χ0) is 13.4. The molecule has 0 saturated carbocycles. The van der Waals surface area contributed by atoms with Crippen molar-refractivity contribution < 1.29 is 14.3 Å². The maximum Gasteiger partial charge on any atom is 0.223 e. The standard InChI is InChI=1S/C13H16N2O3/c1-3-15-13(16)4-5-18-12-7-10(9-14)6-11(8-12)17-2/h6-8H,3-5H2,1-2H3,(H,15,16). The maximum atomic E-state index is 11.2. The first-order chi connectivity index (χ1) is 8.69. The van der Waals surface area contributed by atoms with Crippen molar-refractivity contribution in [2.75, 3.05) is 20.3 Å². The molecule has 0 saturated heterocycles. The van der Waals surface area contributed by atoms with Gasteiger partial charge in [0.15, 0.2) is 0 Å². The fourth-order valence-electron chi connectivity index (χ4n) is 1.38. The van der Waals surface area contributed by atoms with E-state index in [9.17, 15) is 4.79 Å². The Morgan fingerprint density at radius 3 is 2.72 bits per heavy atom. The molecule has 1 amide bonds. The van der Waals surface area contributed by atoms with Gasteiger partial charge in [-0.25, -0.2) is 0 Å². The van der Waals surface area contributed by atoms with Crippen LogP contribution in [0.3, 0.4) is 0 Å². The summed E-state index contributed by atoms with van der Waals surface area (Å²) in [5.41, 5.74) is 0.461. The molecular formula is C13H16N2O3. The average Bonchev–Trinajstić information content (AvgIpc) is 2.38. The lowest BCUT2D eigenvalue weighted by atomic mass is 10.2. The van der Waals surface area contributed by atoms with E-state index in [1.165, 1.54) is 7.11 Å². The molecule has 96 valence electrons. The van der Waals surface area contributed by atoms with Crippen LogP contribution in [0.25, 0.3) is 0 Å². The predicted molar refractivity (Wildman–Crippen MR) is 66.5 cm³/mol. The van der Waals surface area contributed by atoms with Crippen LogP contribution in [0, 0.1) is 11.3 Å². The molecule has 1 rings (SSSR count). The molecular weight excluding hydrogens is 232 g/mol. The number of benzene rings is 1. The summed E-state index contributed by atoms with van der Waals surface area (Å²) in [6, 6.07) is 6.93. The molecule has 1 N–H and O–H groups in total. The van der Waals surface area contributed by atoms with Gasteiger partial charge in [0.25, 0.3) is 0 Å². The monoisotopic (exact) mass is 248 g/mol. The molecule has 18 heavy (non-hydrogen) atoms. The van der Waals surface area contributed by atoms with Crippen molar-refractivity contribution in [2.24, 2.45) is 0 Å². The van der Waals surface area contributed by atoms with Gasteiger partial charge < -0.3 is 14.8 Å². The summed E-state index contributed by atoms with van der Waals surface area (Å²) in [7, 11) is 1.52. The summed E-state index contributed by atoms with van der Waals surface area (Å²) in [5, 5.41) is 11.5. The van der Waals surface area contributed by atoms with Gasteiger partial charge in [-0.2, -0.15) is 5.26 Å². The minimum absolute atomic E-state index is 0.0547. The van der Waals surface area contributed by atoms with Gasteiger partial charge in [0, 0.05) is 12.6 Å². The number of carbonyl (C=O) groups is 1. The Morgan fingerprint density at radius 2 is 2.11 bits per heavy atom. The van der Waals surface area contributed by atoms with Crippen molar-refractivity contribution in [2.45, 2.75) is 13.3 Å². The van der Waals surface area contributed by atoms with Gasteiger partial charge in [-0.3, -0.25) is 4.79 Å². The summed E-state index contributed by atoms with van der Waals surface area (Å²) >= 11 is 0. The normalized spacial score (nSPS) is 9.39. The third kappa shape index (κ3) is 4.34. The number of nitrogens with one attached hydrogen (secondary N) is 1. The zero-order valence-electron chi connectivity index (χ0n) is 10.5. The summed E-state index contributed by atoms with van der Waals surface area (Å²) < 4.78 is 10.5. The Hall–Kier alpha value is -2.22. The fourth-order valence-corrected chi connectivity index (χ4v) is 1.38. The quantitative estimate of drug-likeness (QED) is 0.827. The van der Waals surface area contributed by atoms with E-state index in [-0.39, 0.29) is 18.9 Å². The van der Waals surface area contributed by atoms with Gasteiger partial charge in [0.2, 0.25) is 5.91 Å². The third-order valence-electron chi connectivity index (χ3n) is 2.22. The van der Waals surface area contributed by atoms with Crippen LogP contribution in [0.4, 0.5) is 0 Å². The molecule has 5 heteroatoms. The van der Waals surface area contributed by atoms with Crippen molar-refractivity contribution >= 4 is 5.91 Å². The van der Waals surface area contributed by atoms with Crippen molar-refractivity contribution in [3.63, 3.8) is 0 Å². The van der Waals surface area contributed by atoms with E-state index in [4.69, 9.17) is 14.7 Å². The molecule has 0 aliphatic carbocycles. The van der Waals surface area contributed by atoms with Crippen molar-refractivity contribution in [3.05, 3.63) is 23.8 Å². The van der Waals surface area contributed by atoms with E-state index in [0.717, 1.165) is 0 Å². The highest BCUT2D eigenvalue weighted by atomic mass is 16.5. The van der Waals surface area contributed by atoms with Crippen LogP contribution in [-0.2, 0) is 4.79 Å². The lowest BCUT2D eigenvalue weighted by Gasteiger charge is -2.08. The molecule has 1 aromatic rings. The lowest BCUT2D eigenvalue weighted by Crippen LogP contribution is -2.24. The molecule has 5 nitrogen and oxygen atoms in total. The Kier molecular flexibility index (Phi) is 5.52. The molecule has 0 radical (unpaired) electrons. The van der Waals surface area contributed by atoms with Gasteiger partial charge in [-0.15, -0.1) is 0 Å². The van der Waals surface area contributed by atoms with Gasteiger partial charge in [0.05, 0.1) is 31.8 Å². The summed E-state index contributed by atoms with van der Waals surface area (Å²) in [4.78, 5) is 11.2. The van der Waals surface area contributed by atoms with Crippen LogP contribution in [0.5, 0.6) is 11.5 Å². The van der Waals surface area contributed by atoms with E-state index >= 15 is 0 Å². The number of methoxy groups -OCH3 is 1.